The first kappa shape index (κ1) is 23.4. The van der Waals surface area contributed by atoms with Crippen LogP contribution < -0.4 is 5.32 Å². The molecule has 0 bridgehead atoms. The summed E-state index contributed by atoms with van der Waals surface area (Å²) in [5, 5.41) is 2.80. The molecule has 0 unspecified atom stereocenters. The molecule has 30 heavy (non-hydrogen) atoms. The second-order valence-electron chi connectivity index (χ2n) is 8.80. The number of ether oxygens (including phenoxy) is 1. The Balaban J connectivity index is 1.87. The van der Waals surface area contributed by atoms with Crippen molar-refractivity contribution in [2.24, 2.45) is 7.05 Å². The van der Waals surface area contributed by atoms with E-state index < -0.39 is 5.97 Å². The maximum atomic E-state index is 12.2. The fourth-order valence-corrected chi connectivity index (χ4v) is 3.36. The van der Waals surface area contributed by atoms with Crippen molar-refractivity contribution in [1.29, 1.82) is 0 Å². The van der Waals surface area contributed by atoms with Gasteiger partial charge in [-0.1, -0.05) is 32.9 Å². The number of nitrogens with one attached hydrogen (secondary N) is 1. The third-order valence-electron chi connectivity index (χ3n) is 5.21. The van der Waals surface area contributed by atoms with E-state index in [-0.39, 0.29) is 29.4 Å². The number of Topliss-reactive ketones (excluding diaryl/α,β-unsaturated/α-hetero) is 1. The zero-order valence-electron chi connectivity index (χ0n) is 19.0. The molecule has 1 aromatic heterocycles. The van der Waals surface area contributed by atoms with Crippen LogP contribution in [0.25, 0.3) is 0 Å². The van der Waals surface area contributed by atoms with Crippen molar-refractivity contribution in [3.63, 3.8) is 0 Å². The van der Waals surface area contributed by atoms with Crippen molar-refractivity contribution >= 4 is 17.7 Å². The largest absolute Gasteiger partial charge is 0.451 e. The Morgan fingerprint density at radius 1 is 1.07 bits per heavy atom. The summed E-state index contributed by atoms with van der Waals surface area (Å²) in [4.78, 5) is 35.7. The number of aryl methyl sites for hydroxylation is 3. The second-order valence-corrected chi connectivity index (χ2v) is 8.80. The Morgan fingerprint density at radius 2 is 1.67 bits per heavy atom. The van der Waals surface area contributed by atoms with Gasteiger partial charge in [0.15, 0.2) is 12.4 Å². The molecule has 0 aliphatic rings. The molecule has 1 heterocycles. The lowest BCUT2D eigenvalue weighted by atomic mass is 9.83. The minimum Gasteiger partial charge on any atom is -0.451 e. The number of carbonyl (C=O) groups is 3. The minimum absolute atomic E-state index is 0.0929. The molecule has 162 valence electrons. The van der Waals surface area contributed by atoms with Gasteiger partial charge in [-0.05, 0) is 60.9 Å². The predicted molar refractivity (Wildman–Crippen MR) is 117 cm³/mol. The molecule has 0 spiro atoms. The minimum atomic E-state index is -0.635. The number of benzene rings is 1. The highest BCUT2D eigenvalue weighted by atomic mass is 16.5. The van der Waals surface area contributed by atoms with Crippen LogP contribution in [0.2, 0.25) is 0 Å². The fraction of sp³-hybridized carbons (Fsp3) is 0.458. The van der Waals surface area contributed by atoms with Gasteiger partial charge in [-0.3, -0.25) is 9.59 Å². The van der Waals surface area contributed by atoms with Gasteiger partial charge in [0.2, 0.25) is 0 Å². The molecule has 0 radical (unpaired) electrons. The summed E-state index contributed by atoms with van der Waals surface area (Å²) >= 11 is 0. The maximum absolute atomic E-state index is 12.2. The predicted octanol–water partition coefficient (Wildman–Crippen LogP) is 3.66. The Bertz CT molecular complexity index is 941. The average molecular weight is 413 g/mol. The molecule has 0 aliphatic heterocycles. The highest BCUT2D eigenvalue weighted by Gasteiger charge is 2.18. The SMILES string of the molecule is CC(=O)c1cc(C(=O)OCC(=O)NCCc2c(C)cc(C(C)(C)C)cc2C)n(C)c1. The Labute approximate surface area is 178 Å². The van der Waals surface area contributed by atoms with Gasteiger partial charge in [0.05, 0.1) is 0 Å². The van der Waals surface area contributed by atoms with Crippen LogP contribution in [0.4, 0.5) is 0 Å². The van der Waals surface area contributed by atoms with E-state index in [1.54, 1.807) is 13.2 Å². The van der Waals surface area contributed by atoms with Crippen LogP contribution in [0.5, 0.6) is 0 Å². The number of nitrogens with zero attached hydrogens (tertiary/aromatic N) is 1. The van der Waals surface area contributed by atoms with Crippen molar-refractivity contribution in [2.45, 2.75) is 53.4 Å². The van der Waals surface area contributed by atoms with Gasteiger partial charge in [0.1, 0.15) is 5.69 Å². The van der Waals surface area contributed by atoms with E-state index in [1.165, 1.54) is 39.8 Å². The van der Waals surface area contributed by atoms with Crippen LogP contribution in [0, 0.1) is 13.8 Å². The topological polar surface area (TPSA) is 77.4 Å². The number of rotatable bonds is 7. The molecule has 0 fully saturated rings. The summed E-state index contributed by atoms with van der Waals surface area (Å²) in [7, 11) is 1.65. The average Bonchev–Trinajstić information content (AvgIpc) is 3.03. The Kier molecular flexibility index (Phi) is 7.24. The van der Waals surface area contributed by atoms with E-state index in [0.717, 1.165) is 0 Å². The Morgan fingerprint density at radius 3 is 2.17 bits per heavy atom. The van der Waals surface area contributed by atoms with Gasteiger partial charge in [-0.15, -0.1) is 0 Å². The normalized spacial score (nSPS) is 11.3. The number of ketones is 1. The van der Waals surface area contributed by atoms with E-state index in [9.17, 15) is 14.4 Å². The van der Waals surface area contributed by atoms with Gasteiger partial charge in [-0.2, -0.15) is 0 Å². The van der Waals surface area contributed by atoms with Crippen LogP contribution in [-0.2, 0) is 28.4 Å². The van der Waals surface area contributed by atoms with Gasteiger partial charge in [0.25, 0.3) is 5.91 Å². The van der Waals surface area contributed by atoms with Crippen LogP contribution >= 0.6 is 0 Å². The maximum Gasteiger partial charge on any atom is 0.355 e. The van der Waals surface area contributed by atoms with Crippen LogP contribution in [0.15, 0.2) is 24.4 Å². The molecule has 1 N–H and O–H groups in total. The quantitative estimate of drug-likeness (QED) is 0.556. The smallest absolute Gasteiger partial charge is 0.355 e. The molecule has 0 atom stereocenters. The highest BCUT2D eigenvalue weighted by Crippen LogP contribution is 2.27. The van der Waals surface area contributed by atoms with Crippen LogP contribution in [0.1, 0.15) is 70.8 Å². The molecule has 1 amide bonds. The lowest BCUT2D eigenvalue weighted by Gasteiger charge is -2.22. The van der Waals surface area contributed by atoms with E-state index in [0.29, 0.717) is 18.5 Å². The van der Waals surface area contributed by atoms with Crippen molar-refractivity contribution in [3.8, 4) is 0 Å². The summed E-state index contributed by atoms with van der Waals surface area (Å²) in [5.74, 6) is -1.13. The number of carbonyl (C=O) groups excluding carboxylic acids is 3. The van der Waals surface area contributed by atoms with Gasteiger partial charge >= 0.3 is 5.97 Å². The molecule has 1 aromatic carbocycles. The zero-order chi connectivity index (χ0) is 22.6. The monoisotopic (exact) mass is 412 g/mol. The molecular formula is C24H32N2O4. The summed E-state index contributed by atoms with van der Waals surface area (Å²) < 4.78 is 6.60. The summed E-state index contributed by atoms with van der Waals surface area (Å²) in [6, 6.07) is 5.89. The first-order valence-corrected chi connectivity index (χ1v) is 10.1. The van der Waals surface area contributed by atoms with E-state index in [4.69, 9.17) is 4.74 Å². The van der Waals surface area contributed by atoms with Crippen LogP contribution in [-0.4, -0.2) is 35.4 Å². The van der Waals surface area contributed by atoms with Crippen molar-refractivity contribution in [1.82, 2.24) is 9.88 Å². The van der Waals surface area contributed by atoms with Crippen LogP contribution in [0.3, 0.4) is 0 Å². The van der Waals surface area contributed by atoms with Crippen molar-refractivity contribution in [3.05, 3.63) is 57.9 Å². The molecule has 0 saturated heterocycles. The molecule has 0 aliphatic carbocycles. The van der Waals surface area contributed by atoms with Crippen molar-refractivity contribution < 1.29 is 19.1 Å². The van der Waals surface area contributed by atoms with E-state index in [1.807, 2.05) is 0 Å². The number of hydrogen-bond acceptors (Lipinski definition) is 4. The fourth-order valence-electron chi connectivity index (χ4n) is 3.36. The molecule has 2 aromatic rings. The number of hydrogen-bond donors (Lipinski definition) is 1. The highest BCUT2D eigenvalue weighted by molar-refractivity contribution is 5.98. The number of amides is 1. The second kappa shape index (κ2) is 9.28. The molecule has 2 rings (SSSR count). The lowest BCUT2D eigenvalue weighted by molar-refractivity contribution is -0.124. The molecule has 6 nitrogen and oxygen atoms in total. The van der Waals surface area contributed by atoms with E-state index >= 15 is 0 Å². The molecule has 6 heteroatoms. The van der Waals surface area contributed by atoms with Gasteiger partial charge < -0.3 is 14.6 Å². The van der Waals surface area contributed by atoms with E-state index in [2.05, 4.69) is 52.1 Å². The zero-order valence-corrected chi connectivity index (χ0v) is 19.0. The van der Waals surface area contributed by atoms with Crippen molar-refractivity contribution in [2.75, 3.05) is 13.2 Å². The van der Waals surface area contributed by atoms with Gasteiger partial charge in [0, 0.05) is 25.4 Å². The Hall–Kier alpha value is -2.89. The molecular weight excluding hydrogens is 380 g/mol. The van der Waals surface area contributed by atoms with Gasteiger partial charge in [-0.25, -0.2) is 4.79 Å². The standard InChI is InChI=1S/C24H32N2O4/c1-15-10-19(24(4,5)6)11-16(2)20(15)8-9-25-22(28)14-30-23(29)21-12-18(17(3)27)13-26(21)7/h10-13H,8-9,14H2,1-7H3,(H,25,28). The third-order valence-corrected chi connectivity index (χ3v) is 5.21. The number of aromatic nitrogens is 1. The third kappa shape index (κ3) is 5.81. The summed E-state index contributed by atoms with van der Waals surface area (Å²) in [6.07, 6.45) is 2.27. The summed E-state index contributed by atoms with van der Waals surface area (Å²) in [5.41, 5.74) is 5.70. The first-order valence-electron chi connectivity index (χ1n) is 10.1. The first-order chi connectivity index (χ1) is 13.9. The summed E-state index contributed by atoms with van der Waals surface area (Å²) in [6.45, 7) is 12.3. The lowest BCUT2D eigenvalue weighted by Crippen LogP contribution is -2.31. The number of esters is 1. The molecule has 0 saturated carbocycles.